The first-order valence-corrected chi connectivity index (χ1v) is 4.74. The summed E-state index contributed by atoms with van der Waals surface area (Å²) in [4.78, 5) is 10.3. The smallest absolute Gasteiger partial charge is 0.328 e. The second kappa shape index (κ2) is 5.15. The van der Waals surface area contributed by atoms with E-state index in [4.69, 9.17) is 5.11 Å². The molecule has 1 N–H and O–H groups in total. The van der Waals surface area contributed by atoms with E-state index in [1.165, 1.54) is 5.56 Å². The predicted molar refractivity (Wildman–Crippen MR) is 61.6 cm³/mol. The van der Waals surface area contributed by atoms with E-state index in [2.05, 4.69) is 6.07 Å². The summed E-state index contributed by atoms with van der Waals surface area (Å²) in [5.41, 5.74) is 3.36. The van der Waals surface area contributed by atoms with Crippen molar-refractivity contribution in [2.24, 2.45) is 0 Å². The number of carboxylic acid groups (broad SMARTS) is 1. The molecule has 0 atom stereocenters. The molecule has 1 aromatic carbocycles. The number of hydrogen-bond donors (Lipinski definition) is 1. The lowest BCUT2D eigenvalue weighted by Gasteiger charge is -2.01. The van der Waals surface area contributed by atoms with Crippen LogP contribution in [0.3, 0.4) is 0 Å². The molecule has 78 valence electrons. The van der Waals surface area contributed by atoms with Crippen molar-refractivity contribution in [2.45, 2.75) is 13.8 Å². The molecule has 0 aliphatic carbocycles. The van der Waals surface area contributed by atoms with E-state index in [9.17, 15) is 4.79 Å². The van der Waals surface area contributed by atoms with Crippen molar-refractivity contribution in [1.29, 1.82) is 0 Å². The molecule has 0 unspecified atom stereocenters. The van der Waals surface area contributed by atoms with Crippen LogP contribution >= 0.6 is 0 Å². The second-order valence-electron chi connectivity index (χ2n) is 3.42. The van der Waals surface area contributed by atoms with Gasteiger partial charge in [0, 0.05) is 6.08 Å². The zero-order chi connectivity index (χ0) is 11.3. The molecule has 0 spiro atoms. The molecule has 0 radical (unpaired) electrons. The van der Waals surface area contributed by atoms with E-state index in [0.29, 0.717) is 0 Å². The first-order chi connectivity index (χ1) is 7.09. The quantitative estimate of drug-likeness (QED) is 0.604. The Morgan fingerprint density at radius 3 is 2.73 bits per heavy atom. The van der Waals surface area contributed by atoms with E-state index in [0.717, 1.165) is 17.2 Å². The third-order valence-electron chi connectivity index (χ3n) is 2.06. The van der Waals surface area contributed by atoms with Crippen LogP contribution in [0.4, 0.5) is 0 Å². The molecule has 0 saturated carbocycles. The third-order valence-corrected chi connectivity index (χ3v) is 2.06. The van der Waals surface area contributed by atoms with E-state index >= 15 is 0 Å². The van der Waals surface area contributed by atoms with Crippen LogP contribution in [0.5, 0.6) is 0 Å². The fraction of sp³-hybridized carbons (Fsp3) is 0.154. The zero-order valence-corrected chi connectivity index (χ0v) is 8.90. The number of aryl methyl sites for hydroxylation is 1. The van der Waals surface area contributed by atoms with Crippen LogP contribution < -0.4 is 0 Å². The number of hydrogen-bond acceptors (Lipinski definition) is 1. The Hall–Kier alpha value is -1.83. The molecule has 2 nitrogen and oxygen atoms in total. The fourth-order valence-corrected chi connectivity index (χ4v) is 1.26. The van der Waals surface area contributed by atoms with Gasteiger partial charge in [0.25, 0.3) is 0 Å². The molecular formula is C13H14O2. The SMILES string of the molecule is C/C(=C\C=C\C(=O)O)c1cccc(C)c1. The lowest BCUT2D eigenvalue weighted by molar-refractivity contribution is -0.131. The maximum Gasteiger partial charge on any atom is 0.328 e. The number of benzene rings is 1. The highest BCUT2D eigenvalue weighted by Crippen LogP contribution is 2.14. The lowest BCUT2D eigenvalue weighted by atomic mass is 10.0. The zero-order valence-electron chi connectivity index (χ0n) is 8.90. The average molecular weight is 202 g/mol. The minimum atomic E-state index is -0.928. The molecule has 0 bridgehead atoms. The summed E-state index contributed by atoms with van der Waals surface area (Å²) in [5.74, 6) is -0.928. The highest BCUT2D eigenvalue weighted by atomic mass is 16.4. The van der Waals surface area contributed by atoms with Gasteiger partial charge in [-0.25, -0.2) is 4.79 Å². The van der Waals surface area contributed by atoms with Gasteiger partial charge in [0.1, 0.15) is 0 Å². The van der Waals surface area contributed by atoms with Gasteiger partial charge >= 0.3 is 5.97 Å². The highest BCUT2D eigenvalue weighted by Gasteiger charge is 1.94. The van der Waals surface area contributed by atoms with Gasteiger partial charge in [0.2, 0.25) is 0 Å². The maximum absolute atomic E-state index is 10.3. The molecule has 0 saturated heterocycles. The van der Waals surface area contributed by atoms with Crippen molar-refractivity contribution >= 4 is 11.5 Å². The van der Waals surface area contributed by atoms with Crippen molar-refractivity contribution in [2.75, 3.05) is 0 Å². The van der Waals surface area contributed by atoms with E-state index in [1.54, 1.807) is 12.2 Å². The van der Waals surface area contributed by atoms with Crippen LogP contribution in [0.1, 0.15) is 18.1 Å². The number of rotatable bonds is 3. The van der Waals surface area contributed by atoms with Gasteiger partial charge in [-0.3, -0.25) is 0 Å². The lowest BCUT2D eigenvalue weighted by Crippen LogP contribution is -1.85. The van der Waals surface area contributed by atoms with Crippen molar-refractivity contribution in [3.63, 3.8) is 0 Å². The Kier molecular flexibility index (Phi) is 3.86. The Morgan fingerprint density at radius 1 is 1.40 bits per heavy atom. The van der Waals surface area contributed by atoms with E-state index in [-0.39, 0.29) is 0 Å². The summed E-state index contributed by atoms with van der Waals surface area (Å²) >= 11 is 0. The fourth-order valence-electron chi connectivity index (χ4n) is 1.26. The van der Waals surface area contributed by atoms with Gasteiger partial charge in [-0.05, 0) is 25.0 Å². The molecule has 0 aromatic heterocycles. The number of allylic oxidation sites excluding steroid dienone is 3. The summed E-state index contributed by atoms with van der Waals surface area (Å²) in [6.45, 7) is 3.99. The predicted octanol–water partition coefficient (Wildman–Crippen LogP) is 3.04. The van der Waals surface area contributed by atoms with Crippen LogP contribution in [-0.4, -0.2) is 11.1 Å². The van der Waals surface area contributed by atoms with E-state index < -0.39 is 5.97 Å². The minimum absolute atomic E-state index is 0.928. The summed E-state index contributed by atoms with van der Waals surface area (Å²) in [6.07, 6.45) is 4.46. The molecule has 1 rings (SSSR count). The standard InChI is InChI=1S/C13H14O2/c1-10-5-3-7-12(9-10)11(2)6-4-8-13(14)15/h3-9H,1-2H3,(H,14,15)/b8-4+,11-6+. The normalized spacial score (nSPS) is 12.0. The molecule has 0 amide bonds. The van der Waals surface area contributed by atoms with Gasteiger partial charge in [-0.1, -0.05) is 42.0 Å². The summed E-state index contributed by atoms with van der Waals surface area (Å²) in [7, 11) is 0. The Bertz CT molecular complexity index is 414. The van der Waals surface area contributed by atoms with Crippen LogP contribution in [-0.2, 0) is 4.79 Å². The molecule has 2 heteroatoms. The Labute approximate surface area is 89.6 Å². The third kappa shape index (κ3) is 3.81. The van der Waals surface area contributed by atoms with E-state index in [1.807, 2.05) is 32.0 Å². The van der Waals surface area contributed by atoms with Gasteiger partial charge in [0.05, 0.1) is 0 Å². The van der Waals surface area contributed by atoms with Crippen molar-refractivity contribution < 1.29 is 9.90 Å². The van der Waals surface area contributed by atoms with Gasteiger partial charge in [-0.15, -0.1) is 0 Å². The topological polar surface area (TPSA) is 37.3 Å². The minimum Gasteiger partial charge on any atom is -0.478 e. The van der Waals surface area contributed by atoms with Crippen LogP contribution in [0.25, 0.3) is 5.57 Å². The molecule has 0 fully saturated rings. The van der Waals surface area contributed by atoms with Gasteiger partial charge < -0.3 is 5.11 Å². The van der Waals surface area contributed by atoms with Crippen molar-refractivity contribution in [3.05, 3.63) is 53.6 Å². The highest BCUT2D eigenvalue weighted by molar-refractivity contribution is 5.80. The Morgan fingerprint density at radius 2 is 2.13 bits per heavy atom. The number of carboxylic acids is 1. The maximum atomic E-state index is 10.3. The first kappa shape index (κ1) is 11.2. The van der Waals surface area contributed by atoms with Gasteiger partial charge in [0.15, 0.2) is 0 Å². The first-order valence-electron chi connectivity index (χ1n) is 4.74. The second-order valence-corrected chi connectivity index (χ2v) is 3.42. The molecule has 0 heterocycles. The van der Waals surface area contributed by atoms with Crippen LogP contribution in [0, 0.1) is 6.92 Å². The molecular weight excluding hydrogens is 188 g/mol. The number of aliphatic carboxylic acids is 1. The largest absolute Gasteiger partial charge is 0.478 e. The molecule has 0 aliphatic rings. The Balaban J connectivity index is 2.84. The molecule has 15 heavy (non-hydrogen) atoms. The number of carbonyl (C=O) groups is 1. The summed E-state index contributed by atoms with van der Waals surface area (Å²) in [5, 5.41) is 8.42. The van der Waals surface area contributed by atoms with Gasteiger partial charge in [-0.2, -0.15) is 0 Å². The van der Waals surface area contributed by atoms with Crippen molar-refractivity contribution in [1.82, 2.24) is 0 Å². The summed E-state index contributed by atoms with van der Waals surface area (Å²) in [6, 6.07) is 8.10. The van der Waals surface area contributed by atoms with Crippen LogP contribution in [0.15, 0.2) is 42.5 Å². The monoisotopic (exact) mass is 202 g/mol. The molecule has 1 aromatic rings. The average Bonchev–Trinajstić information content (AvgIpc) is 2.17. The van der Waals surface area contributed by atoms with Crippen molar-refractivity contribution in [3.8, 4) is 0 Å². The summed E-state index contributed by atoms with van der Waals surface area (Å²) < 4.78 is 0. The van der Waals surface area contributed by atoms with Crippen LogP contribution in [0.2, 0.25) is 0 Å². The molecule has 0 aliphatic heterocycles.